The van der Waals surface area contributed by atoms with Crippen molar-refractivity contribution in [2.24, 2.45) is 0 Å². The number of amides is 3. The molecule has 0 aliphatic carbocycles. The molecule has 1 fully saturated rings. The van der Waals surface area contributed by atoms with Gasteiger partial charge in [-0.3, -0.25) is 4.79 Å². The van der Waals surface area contributed by atoms with Crippen LogP contribution in [0.3, 0.4) is 0 Å². The van der Waals surface area contributed by atoms with E-state index in [1.54, 1.807) is 30.3 Å². The molecule has 1 saturated heterocycles. The van der Waals surface area contributed by atoms with Gasteiger partial charge < -0.3 is 35.5 Å². The van der Waals surface area contributed by atoms with E-state index in [0.29, 0.717) is 17.0 Å². The van der Waals surface area contributed by atoms with E-state index in [1.807, 2.05) is 32.9 Å². The highest BCUT2D eigenvalue weighted by atomic mass is 19.1. The molecule has 0 saturated carbocycles. The molecule has 0 atom stereocenters. The van der Waals surface area contributed by atoms with Gasteiger partial charge >= 0.3 is 6.03 Å². The Kier molecular flexibility index (Phi) is 10.6. The van der Waals surface area contributed by atoms with Crippen molar-refractivity contribution >= 4 is 23.3 Å². The number of benzene rings is 3. The van der Waals surface area contributed by atoms with Crippen molar-refractivity contribution < 1.29 is 28.2 Å². The molecule has 1 heterocycles. The van der Waals surface area contributed by atoms with E-state index in [9.17, 15) is 14.0 Å². The van der Waals surface area contributed by atoms with Gasteiger partial charge in [0.2, 0.25) is 0 Å². The standard InChI is InChI=1S/C32H39FN4O5/c1-5-22(6-2)36-32(39)37-27-19-29(40-4)30(18-26(27)33)42-24-10-8-23(9-11-24)35-31(38)21-7-12-28(20(3)17-21)41-25-13-15-34-16-14-25/h7-12,17-19,22,25,34H,5-6,13-16H2,1-4H3,(H,35,38)(H2,36,37,39). The molecule has 10 heteroatoms. The van der Waals surface area contributed by atoms with Gasteiger partial charge in [-0.2, -0.15) is 0 Å². The fourth-order valence-electron chi connectivity index (χ4n) is 4.66. The monoisotopic (exact) mass is 578 g/mol. The van der Waals surface area contributed by atoms with Crippen molar-refractivity contribution in [3.8, 4) is 23.0 Å². The van der Waals surface area contributed by atoms with E-state index < -0.39 is 11.8 Å². The summed E-state index contributed by atoms with van der Waals surface area (Å²) in [6.07, 6.45) is 3.64. The average Bonchev–Trinajstić information content (AvgIpc) is 2.99. The summed E-state index contributed by atoms with van der Waals surface area (Å²) in [6.45, 7) is 7.76. The van der Waals surface area contributed by atoms with E-state index in [2.05, 4.69) is 21.3 Å². The number of piperidine rings is 1. The smallest absolute Gasteiger partial charge is 0.319 e. The molecule has 9 nitrogen and oxygen atoms in total. The average molecular weight is 579 g/mol. The molecule has 1 aliphatic rings. The van der Waals surface area contributed by atoms with Crippen LogP contribution in [0.5, 0.6) is 23.0 Å². The van der Waals surface area contributed by atoms with Gasteiger partial charge in [-0.05, 0) is 93.7 Å². The van der Waals surface area contributed by atoms with E-state index >= 15 is 0 Å². The zero-order valence-corrected chi connectivity index (χ0v) is 24.5. The van der Waals surface area contributed by atoms with Crippen LogP contribution in [0, 0.1) is 12.7 Å². The molecule has 0 unspecified atom stereocenters. The maximum absolute atomic E-state index is 14.8. The van der Waals surface area contributed by atoms with Gasteiger partial charge in [0, 0.05) is 29.4 Å². The Morgan fingerprint density at radius 1 is 0.952 bits per heavy atom. The Bertz CT molecular complexity index is 1370. The third-order valence-electron chi connectivity index (χ3n) is 7.18. The normalized spacial score (nSPS) is 13.4. The van der Waals surface area contributed by atoms with Crippen LogP contribution in [0.15, 0.2) is 54.6 Å². The summed E-state index contributed by atoms with van der Waals surface area (Å²) >= 11 is 0. The number of carbonyl (C=O) groups is 2. The predicted molar refractivity (Wildman–Crippen MR) is 162 cm³/mol. The van der Waals surface area contributed by atoms with E-state index in [4.69, 9.17) is 14.2 Å². The van der Waals surface area contributed by atoms with E-state index in [0.717, 1.165) is 56.2 Å². The van der Waals surface area contributed by atoms with Crippen LogP contribution in [0.1, 0.15) is 55.5 Å². The van der Waals surface area contributed by atoms with Crippen LogP contribution in [0.25, 0.3) is 0 Å². The van der Waals surface area contributed by atoms with Crippen LogP contribution < -0.4 is 35.5 Å². The van der Waals surface area contributed by atoms with Crippen molar-refractivity contribution in [3.05, 3.63) is 71.5 Å². The first kappa shape index (κ1) is 30.6. The number of rotatable bonds is 11. The van der Waals surface area contributed by atoms with Crippen molar-refractivity contribution in [1.29, 1.82) is 0 Å². The Morgan fingerprint density at radius 2 is 1.67 bits per heavy atom. The maximum Gasteiger partial charge on any atom is 0.319 e. The minimum atomic E-state index is -0.670. The number of ether oxygens (including phenoxy) is 3. The largest absolute Gasteiger partial charge is 0.493 e. The van der Waals surface area contributed by atoms with Crippen LogP contribution in [0.4, 0.5) is 20.6 Å². The van der Waals surface area contributed by atoms with Crippen molar-refractivity contribution in [2.45, 2.75) is 58.6 Å². The second kappa shape index (κ2) is 14.5. The highest BCUT2D eigenvalue weighted by Crippen LogP contribution is 2.36. The first-order valence-corrected chi connectivity index (χ1v) is 14.3. The van der Waals surface area contributed by atoms with Gasteiger partial charge in [0.25, 0.3) is 5.91 Å². The molecular weight excluding hydrogens is 539 g/mol. The molecule has 0 bridgehead atoms. The summed E-state index contributed by atoms with van der Waals surface area (Å²) in [6, 6.07) is 14.1. The topological polar surface area (TPSA) is 110 Å². The number of nitrogens with one attached hydrogen (secondary N) is 4. The predicted octanol–water partition coefficient (Wildman–Crippen LogP) is 6.63. The fourth-order valence-corrected chi connectivity index (χ4v) is 4.66. The Hall–Kier alpha value is -4.31. The van der Waals surface area contributed by atoms with E-state index in [-0.39, 0.29) is 35.2 Å². The quantitative estimate of drug-likeness (QED) is 0.203. The highest BCUT2D eigenvalue weighted by molar-refractivity contribution is 6.04. The molecule has 42 heavy (non-hydrogen) atoms. The number of methoxy groups -OCH3 is 1. The summed E-state index contributed by atoms with van der Waals surface area (Å²) in [5.74, 6) is 0.667. The fraction of sp³-hybridized carbons (Fsp3) is 0.375. The number of anilines is 2. The lowest BCUT2D eigenvalue weighted by Crippen LogP contribution is -2.37. The number of hydrogen-bond donors (Lipinski definition) is 4. The van der Waals surface area contributed by atoms with Gasteiger partial charge in [0.05, 0.1) is 12.8 Å². The molecule has 1 aliphatic heterocycles. The molecule has 0 spiro atoms. The molecule has 0 aromatic heterocycles. The van der Waals surface area contributed by atoms with E-state index in [1.165, 1.54) is 13.2 Å². The lowest BCUT2D eigenvalue weighted by atomic mass is 10.1. The summed E-state index contributed by atoms with van der Waals surface area (Å²) in [5, 5.41) is 11.5. The molecule has 3 aromatic carbocycles. The molecule has 3 amide bonds. The van der Waals surface area contributed by atoms with Gasteiger partial charge in [0.1, 0.15) is 17.6 Å². The van der Waals surface area contributed by atoms with Crippen LogP contribution in [-0.2, 0) is 0 Å². The molecule has 0 radical (unpaired) electrons. The van der Waals surface area contributed by atoms with Gasteiger partial charge in [-0.15, -0.1) is 0 Å². The van der Waals surface area contributed by atoms with Gasteiger partial charge in [-0.25, -0.2) is 9.18 Å². The SMILES string of the molecule is CCC(CC)NC(=O)Nc1cc(OC)c(Oc2ccc(NC(=O)c3ccc(OC4CCNCC4)c(C)c3)cc2)cc1F. The first-order valence-electron chi connectivity index (χ1n) is 14.3. The second-order valence-electron chi connectivity index (χ2n) is 10.2. The molecular formula is C32H39FN4O5. The van der Waals surface area contributed by atoms with Gasteiger partial charge in [-0.1, -0.05) is 13.8 Å². The maximum atomic E-state index is 14.8. The second-order valence-corrected chi connectivity index (χ2v) is 10.2. The summed E-state index contributed by atoms with van der Waals surface area (Å²) < 4.78 is 32.2. The highest BCUT2D eigenvalue weighted by Gasteiger charge is 2.18. The first-order chi connectivity index (χ1) is 20.3. The third kappa shape index (κ3) is 8.13. The third-order valence-corrected chi connectivity index (χ3v) is 7.18. The summed E-state index contributed by atoms with van der Waals surface area (Å²) in [4.78, 5) is 25.2. The number of halogens is 1. The van der Waals surface area contributed by atoms with Crippen LogP contribution >= 0.6 is 0 Å². The minimum Gasteiger partial charge on any atom is -0.493 e. The van der Waals surface area contributed by atoms with Crippen LogP contribution in [-0.4, -0.2) is 44.3 Å². The lowest BCUT2D eigenvalue weighted by Gasteiger charge is -2.24. The van der Waals surface area contributed by atoms with Crippen molar-refractivity contribution in [2.75, 3.05) is 30.8 Å². The van der Waals surface area contributed by atoms with Crippen molar-refractivity contribution in [1.82, 2.24) is 10.6 Å². The van der Waals surface area contributed by atoms with Gasteiger partial charge in [0.15, 0.2) is 17.3 Å². The zero-order valence-electron chi connectivity index (χ0n) is 24.5. The minimum absolute atomic E-state index is 0.00124. The van der Waals surface area contributed by atoms with Crippen molar-refractivity contribution in [3.63, 3.8) is 0 Å². The lowest BCUT2D eigenvalue weighted by molar-refractivity contribution is 0.102. The molecule has 4 N–H and O–H groups in total. The molecule has 3 aromatic rings. The Morgan fingerprint density at radius 3 is 2.31 bits per heavy atom. The number of hydrogen-bond acceptors (Lipinski definition) is 6. The number of aryl methyl sites for hydroxylation is 1. The molecule has 4 rings (SSSR count). The summed E-state index contributed by atoms with van der Waals surface area (Å²) in [7, 11) is 1.43. The number of carbonyl (C=O) groups excluding carboxylic acids is 2. The Labute approximate surface area is 246 Å². The summed E-state index contributed by atoms with van der Waals surface area (Å²) in [5.41, 5.74) is 1.97. The number of urea groups is 1. The Balaban J connectivity index is 1.37. The zero-order chi connectivity index (χ0) is 30.1. The van der Waals surface area contributed by atoms with Crippen LogP contribution in [0.2, 0.25) is 0 Å². The molecule has 224 valence electrons.